The third-order valence-corrected chi connectivity index (χ3v) is 6.99. The van der Waals surface area contributed by atoms with Crippen LogP contribution >= 0.6 is 15.9 Å². The van der Waals surface area contributed by atoms with Gasteiger partial charge in [0.05, 0.1) is 22.8 Å². The van der Waals surface area contributed by atoms with Gasteiger partial charge in [-0.05, 0) is 51.2 Å². The molecule has 0 fully saturated rings. The van der Waals surface area contributed by atoms with E-state index in [0.29, 0.717) is 36.4 Å². The molecule has 7 nitrogen and oxygen atoms in total. The number of phenolic OH excluding ortho intramolecular Hbond substituents is 1. The van der Waals surface area contributed by atoms with E-state index >= 15 is 0 Å². The fourth-order valence-electron chi connectivity index (χ4n) is 4.30. The predicted octanol–water partition coefficient (Wildman–Crippen LogP) is 6.03. The van der Waals surface area contributed by atoms with Crippen LogP contribution in [0.3, 0.4) is 0 Å². The number of likely N-dealkylation sites (N-methyl/N-ethyl adjacent to an activating group) is 1. The topological polar surface area (TPSA) is 82.8 Å². The van der Waals surface area contributed by atoms with E-state index in [-0.39, 0.29) is 11.7 Å². The van der Waals surface area contributed by atoms with E-state index in [1.54, 1.807) is 27.7 Å². The Kier molecular flexibility index (Phi) is 7.70. The highest BCUT2D eigenvalue weighted by atomic mass is 79.9. The Morgan fingerprint density at radius 2 is 1.71 bits per heavy atom. The summed E-state index contributed by atoms with van der Waals surface area (Å²) in [5.74, 6) is 1.01. The average molecular weight is 570 g/mol. The molecule has 0 spiro atoms. The van der Waals surface area contributed by atoms with Crippen LogP contribution in [0.4, 0.5) is 5.82 Å². The summed E-state index contributed by atoms with van der Waals surface area (Å²) in [4.78, 5) is 19.2. The monoisotopic (exact) mass is 569 g/mol. The van der Waals surface area contributed by atoms with Gasteiger partial charge in [0.1, 0.15) is 11.6 Å². The summed E-state index contributed by atoms with van der Waals surface area (Å²) in [6, 6.07) is 27.4. The maximum atomic E-state index is 12.8. The van der Waals surface area contributed by atoms with Crippen molar-refractivity contribution in [3.05, 3.63) is 101 Å². The molecule has 0 aliphatic carbocycles. The summed E-state index contributed by atoms with van der Waals surface area (Å²) in [5.41, 5.74) is 5.25. The number of nitrogens with zero attached hydrogens (tertiary/aromatic N) is 4. The largest absolute Gasteiger partial charge is 0.507 e. The van der Waals surface area contributed by atoms with E-state index < -0.39 is 0 Å². The molecule has 0 radical (unpaired) electrons. The van der Waals surface area contributed by atoms with Crippen molar-refractivity contribution in [1.82, 2.24) is 19.5 Å². The zero-order valence-corrected chi connectivity index (χ0v) is 22.6. The number of hydrogen-bond donors (Lipinski definition) is 2. The lowest BCUT2D eigenvalue weighted by molar-refractivity contribution is -0.129. The van der Waals surface area contributed by atoms with Crippen molar-refractivity contribution in [2.24, 2.45) is 0 Å². The van der Waals surface area contributed by atoms with Gasteiger partial charge in [-0.1, -0.05) is 66.7 Å². The number of carbonyl (C=O) groups excluding carboxylic acids is 1. The quantitative estimate of drug-likeness (QED) is 0.212. The lowest BCUT2D eigenvalue weighted by atomic mass is 10.0. The first-order chi connectivity index (χ1) is 18.5. The molecular weight excluding hydrogens is 542 g/mol. The van der Waals surface area contributed by atoms with Crippen LogP contribution in [0.5, 0.6) is 5.75 Å². The fourth-order valence-corrected chi connectivity index (χ4v) is 4.65. The maximum absolute atomic E-state index is 12.8. The Labute approximate surface area is 229 Å². The number of nitrogens with one attached hydrogen (secondary N) is 1. The maximum Gasteiger partial charge on any atom is 0.226 e. The number of phenols is 1. The average Bonchev–Trinajstić information content (AvgIpc) is 3.32. The van der Waals surface area contributed by atoms with E-state index in [4.69, 9.17) is 0 Å². The number of amides is 1. The molecule has 0 saturated carbocycles. The number of hydrogen-bond acceptors (Lipinski definition) is 5. The molecule has 2 aromatic heterocycles. The zero-order valence-electron chi connectivity index (χ0n) is 21.0. The molecular formula is C30H28BrN5O2. The number of aromatic hydroxyl groups is 1. The normalized spacial score (nSPS) is 11.0. The van der Waals surface area contributed by atoms with E-state index in [9.17, 15) is 9.90 Å². The molecule has 5 rings (SSSR count). The Bertz CT molecular complexity index is 1550. The minimum Gasteiger partial charge on any atom is -0.507 e. The molecule has 192 valence electrons. The first-order valence-electron chi connectivity index (χ1n) is 12.4. The van der Waals surface area contributed by atoms with Crippen molar-refractivity contribution in [3.8, 4) is 28.1 Å². The third-order valence-electron chi connectivity index (χ3n) is 6.43. The van der Waals surface area contributed by atoms with Crippen LogP contribution < -0.4 is 5.32 Å². The van der Waals surface area contributed by atoms with Crippen molar-refractivity contribution in [2.75, 3.05) is 25.5 Å². The summed E-state index contributed by atoms with van der Waals surface area (Å²) in [5, 5.41) is 18.1. The molecule has 0 aliphatic rings. The smallest absolute Gasteiger partial charge is 0.226 e. The lowest BCUT2D eigenvalue weighted by Crippen LogP contribution is -2.30. The number of carbonyl (C=O) groups is 1. The molecule has 38 heavy (non-hydrogen) atoms. The number of rotatable bonds is 9. The van der Waals surface area contributed by atoms with Crippen molar-refractivity contribution in [1.29, 1.82) is 0 Å². The lowest BCUT2D eigenvalue weighted by Gasteiger charge is -2.18. The Morgan fingerprint density at radius 1 is 1.00 bits per heavy atom. The predicted molar refractivity (Wildman–Crippen MR) is 154 cm³/mol. The van der Waals surface area contributed by atoms with Crippen LogP contribution in [-0.4, -0.2) is 50.6 Å². The van der Waals surface area contributed by atoms with Crippen molar-refractivity contribution < 1.29 is 9.90 Å². The van der Waals surface area contributed by atoms with Gasteiger partial charge in [-0.2, -0.15) is 9.61 Å². The molecule has 8 heteroatoms. The second-order valence-corrected chi connectivity index (χ2v) is 9.96. The summed E-state index contributed by atoms with van der Waals surface area (Å²) in [6.07, 6.45) is 2.82. The SMILES string of the molecule is CN(CCCNc1cc(-c2ccccc2O)nc2c(Br)cnn12)C(=O)Cc1ccc(-c2ccccc2)cc1. The van der Waals surface area contributed by atoms with E-state index in [2.05, 4.69) is 55.6 Å². The van der Waals surface area contributed by atoms with E-state index in [1.807, 2.05) is 55.6 Å². The molecule has 1 amide bonds. The minimum absolute atomic E-state index is 0.0848. The standard InChI is InChI=1S/C30H28BrN5O2/c1-35(29(38)18-21-12-14-23(15-13-21)22-8-3-2-4-9-22)17-7-16-32-28-19-26(24-10-5-6-11-27(24)37)34-30-25(31)20-33-36(28)30/h2-6,8-15,19-20,32,37H,7,16-18H2,1H3. The van der Waals surface area contributed by atoms with Crippen LogP contribution in [0.1, 0.15) is 12.0 Å². The van der Waals surface area contributed by atoms with Crippen LogP contribution in [-0.2, 0) is 11.2 Å². The van der Waals surface area contributed by atoms with Crippen LogP contribution in [0, 0.1) is 0 Å². The van der Waals surface area contributed by atoms with Gasteiger partial charge in [0.15, 0.2) is 5.65 Å². The van der Waals surface area contributed by atoms with Crippen LogP contribution in [0.2, 0.25) is 0 Å². The van der Waals surface area contributed by atoms with Crippen LogP contribution in [0.25, 0.3) is 28.0 Å². The third kappa shape index (κ3) is 5.70. The summed E-state index contributed by atoms with van der Waals surface area (Å²) in [6.45, 7) is 1.26. The molecule has 2 heterocycles. The Hall–Kier alpha value is -4.17. The van der Waals surface area contributed by atoms with Gasteiger partial charge in [0, 0.05) is 31.8 Å². The van der Waals surface area contributed by atoms with Gasteiger partial charge in [-0.3, -0.25) is 4.79 Å². The highest BCUT2D eigenvalue weighted by Gasteiger charge is 2.14. The molecule has 0 saturated heterocycles. The van der Waals surface area contributed by atoms with Gasteiger partial charge < -0.3 is 15.3 Å². The van der Waals surface area contributed by atoms with E-state index in [1.165, 1.54) is 0 Å². The van der Waals surface area contributed by atoms with Gasteiger partial charge in [0.2, 0.25) is 5.91 Å². The fraction of sp³-hybridized carbons (Fsp3) is 0.167. The molecule has 2 N–H and O–H groups in total. The highest BCUT2D eigenvalue weighted by molar-refractivity contribution is 9.10. The Balaban J connectivity index is 1.18. The number of aromatic nitrogens is 3. The Morgan fingerprint density at radius 3 is 2.47 bits per heavy atom. The van der Waals surface area contributed by atoms with Crippen molar-refractivity contribution >= 4 is 33.3 Å². The summed E-state index contributed by atoms with van der Waals surface area (Å²) >= 11 is 3.51. The molecule has 5 aromatic rings. The molecule has 0 atom stereocenters. The van der Waals surface area contributed by atoms with Gasteiger partial charge in [-0.15, -0.1) is 0 Å². The molecule has 0 unspecified atom stereocenters. The summed E-state index contributed by atoms with van der Waals surface area (Å²) in [7, 11) is 1.84. The first kappa shape index (κ1) is 25.5. The minimum atomic E-state index is 0.0848. The number of benzene rings is 3. The molecule has 0 aliphatic heterocycles. The molecule has 0 bridgehead atoms. The second kappa shape index (κ2) is 11.5. The first-order valence-corrected chi connectivity index (χ1v) is 13.2. The zero-order chi connectivity index (χ0) is 26.5. The van der Waals surface area contributed by atoms with Crippen LogP contribution in [0.15, 0.2) is 95.6 Å². The van der Waals surface area contributed by atoms with Crippen molar-refractivity contribution in [2.45, 2.75) is 12.8 Å². The van der Waals surface area contributed by atoms with Crippen molar-refractivity contribution in [3.63, 3.8) is 0 Å². The van der Waals surface area contributed by atoms with Gasteiger partial charge in [-0.25, -0.2) is 4.98 Å². The number of para-hydroxylation sites is 1. The van der Waals surface area contributed by atoms with Gasteiger partial charge >= 0.3 is 0 Å². The molecule has 3 aromatic carbocycles. The number of fused-ring (bicyclic) bond motifs is 1. The number of halogens is 1. The van der Waals surface area contributed by atoms with E-state index in [0.717, 1.165) is 33.4 Å². The number of anilines is 1. The summed E-state index contributed by atoms with van der Waals surface area (Å²) < 4.78 is 2.49. The van der Waals surface area contributed by atoms with Gasteiger partial charge in [0.25, 0.3) is 0 Å². The second-order valence-electron chi connectivity index (χ2n) is 9.11. The highest BCUT2D eigenvalue weighted by Crippen LogP contribution is 2.31.